The smallest absolute Gasteiger partial charge is 0.340 e. The van der Waals surface area contributed by atoms with Crippen molar-refractivity contribution in [2.75, 3.05) is 23.7 Å². The largest absolute Gasteiger partial charge is 0.367 e. The molecule has 0 aliphatic rings. The van der Waals surface area contributed by atoms with Crippen LogP contribution in [0.4, 0.5) is 11.6 Å². The molecule has 6 N–H and O–H groups in total. The number of hydrogen-bond donors (Lipinski definition) is 6. The first kappa shape index (κ1) is 19.3. The molecule has 0 spiro atoms. The van der Waals surface area contributed by atoms with E-state index in [1.807, 2.05) is 12.1 Å². The van der Waals surface area contributed by atoms with Crippen LogP contribution in [-0.4, -0.2) is 58.4 Å². The van der Waals surface area contributed by atoms with Crippen LogP contribution in [0.5, 0.6) is 0 Å². The zero-order valence-electron chi connectivity index (χ0n) is 16.0. The summed E-state index contributed by atoms with van der Waals surface area (Å²) in [7, 11) is 0. The second-order valence-electron chi connectivity index (χ2n) is 6.58. The summed E-state index contributed by atoms with van der Waals surface area (Å²) in [5.41, 5.74) is 0.624. The molecule has 156 valence electrons. The number of rotatable bonds is 10. The van der Waals surface area contributed by atoms with Gasteiger partial charge in [-0.05, 0) is 25.0 Å². The van der Waals surface area contributed by atoms with Crippen LogP contribution < -0.4 is 22.0 Å². The van der Waals surface area contributed by atoms with Crippen LogP contribution in [0, 0.1) is 0 Å². The van der Waals surface area contributed by atoms with Gasteiger partial charge in [0.2, 0.25) is 0 Å². The Labute approximate surface area is 169 Å². The van der Waals surface area contributed by atoms with E-state index in [0.717, 1.165) is 12.8 Å². The first-order chi connectivity index (χ1) is 14.7. The lowest BCUT2D eigenvalue weighted by Gasteiger charge is -2.12. The Morgan fingerprint density at radius 3 is 2.00 bits per heavy atom. The molecule has 0 aromatic carbocycles. The molecule has 0 radical (unpaired) electrons. The van der Waals surface area contributed by atoms with E-state index in [1.165, 1.54) is 0 Å². The highest BCUT2D eigenvalue weighted by atomic mass is 16.1. The molecule has 4 rings (SSSR count). The van der Waals surface area contributed by atoms with E-state index in [2.05, 4.69) is 55.9 Å². The Hall–Kier alpha value is -4.03. The van der Waals surface area contributed by atoms with E-state index >= 15 is 0 Å². The maximum absolute atomic E-state index is 11.1. The van der Waals surface area contributed by atoms with Gasteiger partial charge >= 0.3 is 11.4 Å². The first-order valence-corrected chi connectivity index (χ1v) is 9.55. The summed E-state index contributed by atoms with van der Waals surface area (Å²) in [6, 6.07) is 3.67. The molecule has 0 fully saturated rings. The van der Waals surface area contributed by atoms with Crippen LogP contribution >= 0.6 is 0 Å². The fraction of sp³-hybridized carbons (Fsp3) is 0.353. The number of anilines is 2. The number of nitrogens with zero attached hydrogens (tertiary/aromatic N) is 5. The Bertz CT molecular complexity index is 1130. The monoisotopic (exact) mass is 411 g/mol. The van der Waals surface area contributed by atoms with Crippen molar-refractivity contribution in [2.45, 2.75) is 25.7 Å². The average Bonchev–Trinajstić information content (AvgIpc) is 3.36. The highest BCUT2D eigenvalue weighted by molar-refractivity contribution is 5.76. The zero-order valence-corrected chi connectivity index (χ0v) is 16.0. The molecular weight excluding hydrogens is 390 g/mol. The van der Waals surface area contributed by atoms with Crippen LogP contribution in [0.2, 0.25) is 0 Å². The SMILES string of the molecule is O=c1[nH]nc(CCCNc2nc3cccnc3nc2NCCCc2n[nH]c(=O)[nH]2)[nH]1. The number of fused-ring (bicyclic) bond motifs is 1. The number of nitrogens with one attached hydrogen (secondary N) is 6. The second-order valence-corrected chi connectivity index (χ2v) is 6.58. The highest BCUT2D eigenvalue weighted by Gasteiger charge is 2.09. The van der Waals surface area contributed by atoms with E-state index in [1.54, 1.807) is 6.20 Å². The Balaban J connectivity index is 1.37. The predicted octanol–water partition coefficient (Wildman–Crippen LogP) is -0.0630. The van der Waals surface area contributed by atoms with Gasteiger partial charge in [0, 0.05) is 32.1 Å². The van der Waals surface area contributed by atoms with Gasteiger partial charge in [0.1, 0.15) is 17.2 Å². The van der Waals surface area contributed by atoms with Gasteiger partial charge in [-0.2, -0.15) is 10.2 Å². The number of aryl methyl sites for hydroxylation is 2. The normalized spacial score (nSPS) is 11.1. The Morgan fingerprint density at radius 1 is 0.833 bits per heavy atom. The molecule has 13 heteroatoms. The van der Waals surface area contributed by atoms with Crippen molar-refractivity contribution in [1.29, 1.82) is 0 Å². The third-order valence-corrected chi connectivity index (χ3v) is 4.31. The number of hydrogen-bond acceptors (Lipinski definition) is 9. The topological polar surface area (TPSA) is 186 Å². The summed E-state index contributed by atoms with van der Waals surface area (Å²) in [4.78, 5) is 40.9. The van der Waals surface area contributed by atoms with E-state index in [-0.39, 0.29) is 11.4 Å². The minimum absolute atomic E-state index is 0.309. The van der Waals surface area contributed by atoms with Crippen molar-refractivity contribution in [1.82, 2.24) is 45.3 Å². The van der Waals surface area contributed by atoms with Crippen molar-refractivity contribution < 1.29 is 0 Å². The molecule has 0 atom stereocenters. The molecule has 13 nitrogen and oxygen atoms in total. The molecule has 4 aromatic rings. The van der Waals surface area contributed by atoms with Crippen molar-refractivity contribution >= 4 is 22.8 Å². The van der Waals surface area contributed by atoms with Crippen molar-refractivity contribution in [2.24, 2.45) is 0 Å². The van der Waals surface area contributed by atoms with Gasteiger partial charge in [0.15, 0.2) is 17.3 Å². The lowest BCUT2D eigenvalue weighted by Crippen LogP contribution is -2.12. The molecule has 0 unspecified atom stereocenters. The summed E-state index contributed by atoms with van der Waals surface area (Å²) in [6.45, 7) is 1.24. The molecule has 0 saturated carbocycles. The third-order valence-electron chi connectivity index (χ3n) is 4.31. The molecule has 0 saturated heterocycles. The van der Waals surface area contributed by atoms with Crippen molar-refractivity contribution in [3.8, 4) is 0 Å². The summed E-state index contributed by atoms with van der Waals surface area (Å²) in [5.74, 6) is 2.46. The van der Waals surface area contributed by atoms with E-state index in [9.17, 15) is 9.59 Å². The molecule has 30 heavy (non-hydrogen) atoms. The van der Waals surface area contributed by atoms with Crippen LogP contribution in [0.15, 0.2) is 27.9 Å². The molecule has 4 aromatic heterocycles. The van der Waals surface area contributed by atoms with Gasteiger partial charge in [-0.1, -0.05) is 0 Å². The maximum Gasteiger partial charge on any atom is 0.340 e. The van der Waals surface area contributed by atoms with E-state index < -0.39 is 0 Å². The molecule has 0 aliphatic heterocycles. The number of aromatic amines is 4. The van der Waals surface area contributed by atoms with Gasteiger partial charge in [-0.15, -0.1) is 0 Å². The van der Waals surface area contributed by atoms with Crippen molar-refractivity contribution in [3.05, 3.63) is 50.9 Å². The van der Waals surface area contributed by atoms with Crippen LogP contribution in [-0.2, 0) is 12.8 Å². The lowest BCUT2D eigenvalue weighted by molar-refractivity contribution is 0.798. The van der Waals surface area contributed by atoms with E-state index in [0.29, 0.717) is 60.4 Å². The molecule has 0 amide bonds. The minimum atomic E-state index is -0.310. The Morgan fingerprint density at radius 2 is 1.43 bits per heavy atom. The van der Waals surface area contributed by atoms with E-state index in [4.69, 9.17) is 0 Å². The average molecular weight is 411 g/mol. The van der Waals surface area contributed by atoms with Gasteiger partial charge in [-0.3, -0.25) is 9.97 Å². The summed E-state index contributed by atoms with van der Waals surface area (Å²) in [5, 5.41) is 19.1. The van der Waals surface area contributed by atoms with Gasteiger partial charge in [0.25, 0.3) is 0 Å². The second kappa shape index (κ2) is 8.98. The maximum atomic E-state index is 11.1. The summed E-state index contributed by atoms with van der Waals surface area (Å²) in [6.07, 6.45) is 4.41. The van der Waals surface area contributed by atoms with Crippen LogP contribution in [0.25, 0.3) is 11.2 Å². The zero-order chi connectivity index (χ0) is 20.8. The quantitative estimate of drug-likeness (QED) is 0.194. The number of pyridine rings is 1. The number of aromatic nitrogens is 9. The standard InChI is InChI=1S/C17H21N11O2/c29-16-22-11(25-27-16)5-2-8-19-14-15(24-13-10(21-14)4-1-7-18-13)20-9-3-6-12-23-17(30)28-26-12/h1,4,7H,2-3,5-6,8-9H2,(H,19,21)(H,18,20,24)(H2,22,25,27,29)(H2,23,26,28,30). The molecule has 4 heterocycles. The third kappa shape index (κ3) is 4.87. The minimum Gasteiger partial charge on any atom is -0.367 e. The van der Waals surface area contributed by atoms with Crippen LogP contribution in [0.3, 0.4) is 0 Å². The molecule has 0 aliphatic carbocycles. The first-order valence-electron chi connectivity index (χ1n) is 9.55. The predicted molar refractivity (Wildman–Crippen MR) is 109 cm³/mol. The Kier molecular flexibility index (Phi) is 5.78. The number of H-pyrrole nitrogens is 4. The van der Waals surface area contributed by atoms with Gasteiger partial charge < -0.3 is 10.6 Å². The van der Waals surface area contributed by atoms with Crippen LogP contribution in [0.1, 0.15) is 24.5 Å². The summed E-state index contributed by atoms with van der Waals surface area (Å²) < 4.78 is 0. The highest BCUT2D eigenvalue weighted by Crippen LogP contribution is 2.20. The van der Waals surface area contributed by atoms with Crippen molar-refractivity contribution in [3.63, 3.8) is 0 Å². The fourth-order valence-electron chi connectivity index (χ4n) is 2.91. The van der Waals surface area contributed by atoms with Gasteiger partial charge in [0.05, 0.1) is 0 Å². The molecule has 0 bridgehead atoms. The molecular formula is C17H21N11O2. The van der Waals surface area contributed by atoms with Gasteiger partial charge in [-0.25, -0.2) is 34.7 Å². The fourth-order valence-corrected chi connectivity index (χ4v) is 2.91. The summed E-state index contributed by atoms with van der Waals surface area (Å²) >= 11 is 0. The lowest BCUT2D eigenvalue weighted by atomic mass is 10.3.